The quantitative estimate of drug-likeness (QED) is 0.431. The molecule has 9 heteroatoms. The molecule has 0 spiro atoms. The molecule has 0 bridgehead atoms. The van der Waals surface area contributed by atoms with E-state index in [2.05, 4.69) is 10.00 Å². The van der Waals surface area contributed by atoms with E-state index in [0.29, 0.717) is 49.9 Å². The van der Waals surface area contributed by atoms with Crippen LogP contribution in [0.1, 0.15) is 23.0 Å². The van der Waals surface area contributed by atoms with Crippen LogP contribution in [-0.2, 0) is 11.2 Å². The van der Waals surface area contributed by atoms with E-state index < -0.39 is 5.97 Å². The van der Waals surface area contributed by atoms with Gasteiger partial charge in [-0.05, 0) is 30.2 Å². The molecule has 186 valence electrons. The highest BCUT2D eigenvalue weighted by atomic mass is 16.5. The van der Waals surface area contributed by atoms with Crippen LogP contribution in [0.4, 0.5) is 0 Å². The minimum atomic E-state index is -1.05. The second kappa shape index (κ2) is 11.8. The standard InChI is InChI=1S/C26H31N3O6/c1-2-22-24(26(31)32)25(35-17-13-28-11-15-33-16-12-28)29(27-22)20-9-7-19(8-10-20)21-5-3-4-6-23(21)34-18-14-30/h3-10,30H,2,11-18H2,1H3,(H,31,32). The number of benzene rings is 2. The highest BCUT2D eigenvalue weighted by molar-refractivity contribution is 5.92. The summed E-state index contributed by atoms with van der Waals surface area (Å²) in [7, 11) is 0. The highest BCUT2D eigenvalue weighted by Gasteiger charge is 2.25. The Morgan fingerprint density at radius 1 is 1.06 bits per heavy atom. The third kappa shape index (κ3) is 5.82. The van der Waals surface area contributed by atoms with E-state index in [-0.39, 0.29) is 24.7 Å². The zero-order valence-electron chi connectivity index (χ0n) is 19.9. The first-order valence-corrected chi connectivity index (χ1v) is 11.8. The summed E-state index contributed by atoms with van der Waals surface area (Å²) in [5.41, 5.74) is 3.10. The summed E-state index contributed by atoms with van der Waals surface area (Å²) in [6.45, 7) is 6.11. The zero-order valence-corrected chi connectivity index (χ0v) is 19.9. The first kappa shape index (κ1) is 24.7. The topological polar surface area (TPSA) is 106 Å². The Bertz CT molecular complexity index is 1120. The molecule has 35 heavy (non-hydrogen) atoms. The number of aryl methyl sites for hydroxylation is 1. The molecular formula is C26H31N3O6. The van der Waals surface area contributed by atoms with Crippen molar-refractivity contribution in [3.05, 3.63) is 59.8 Å². The molecule has 0 radical (unpaired) electrons. The van der Waals surface area contributed by atoms with E-state index in [4.69, 9.17) is 19.3 Å². The maximum absolute atomic E-state index is 12.1. The van der Waals surface area contributed by atoms with Gasteiger partial charge in [0.25, 0.3) is 0 Å². The number of aromatic nitrogens is 2. The Labute approximate surface area is 204 Å². The Hall–Kier alpha value is -3.40. The summed E-state index contributed by atoms with van der Waals surface area (Å²) in [5, 5.41) is 23.6. The molecule has 0 atom stereocenters. The van der Waals surface area contributed by atoms with Crippen LogP contribution < -0.4 is 9.47 Å². The van der Waals surface area contributed by atoms with Gasteiger partial charge < -0.3 is 24.4 Å². The zero-order chi connectivity index (χ0) is 24.6. The molecule has 9 nitrogen and oxygen atoms in total. The lowest BCUT2D eigenvalue weighted by Crippen LogP contribution is -2.38. The van der Waals surface area contributed by atoms with Gasteiger partial charge in [-0.2, -0.15) is 5.10 Å². The van der Waals surface area contributed by atoms with Crippen molar-refractivity contribution in [1.29, 1.82) is 0 Å². The molecule has 2 N–H and O–H groups in total. The molecule has 4 rings (SSSR count). The summed E-state index contributed by atoms with van der Waals surface area (Å²) in [4.78, 5) is 14.3. The maximum atomic E-state index is 12.1. The van der Waals surface area contributed by atoms with Crippen LogP contribution in [0.25, 0.3) is 16.8 Å². The summed E-state index contributed by atoms with van der Waals surface area (Å²) < 4.78 is 18.7. The Morgan fingerprint density at radius 2 is 1.80 bits per heavy atom. The van der Waals surface area contributed by atoms with Crippen molar-refractivity contribution in [1.82, 2.24) is 14.7 Å². The number of aliphatic hydroxyl groups excluding tert-OH is 1. The normalized spacial score (nSPS) is 14.1. The number of nitrogens with zero attached hydrogens (tertiary/aromatic N) is 3. The van der Waals surface area contributed by atoms with Crippen molar-refractivity contribution >= 4 is 5.97 Å². The number of rotatable bonds is 11. The highest BCUT2D eigenvalue weighted by Crippen LogP contribution is 2.32. The summed E-state index contributed by atoms with van der Waals surface area (Å²) in [5.74, 6) is -0.134. The Morgan fingerprint density at radius 3 is 2.49 bits per heavy atom. The van der Waals surface area contributed by atoms with Crippen LogP contribution in [0, 0.1) is 0 Å². The molecule has 1 aliphatic rings. The third-order valence-electron chi connectivity index (χ3n) is 5.87. The van der Waals surface area contributed by atoms with Gasteiger partial charge in [0.05, 0.1) is 31.2 Å². The van der Waals surface area contributed by atoms with Gasteiger partial charge in [0.2, 0.25) is 5.88 Å². The summed E-state index contributed by atoms with van der Waals surface area (Å²) in [6.07, 6.45) is 0.474. The molecule has 3 aromatic rings. The predicted octanol–water partition coefficient (Wildman–Crippen LogP) is 2.88. The van der Waals surface area contributed by atoms with Crippen molar-refractivity contribution in [3.8, 4) is 28.4 Å². The van der Waals surface area contributed by atoms with Crippen LogP contribution in [0.3, 0.4) is 0 Å². The number of morpholine rings is 1. The van der Waals surface area contributed by atoms with Gasteiger partial charge in [-0.25, -0.2) is 9.48 Å². The van der Waals surface area contributed by atoms with Crippen LogP contribution in [0.15, 0.2) is 48.5 Å². The first-order valence-electron chi connectivity index (χ1n) is 11.8. The fraction of sp³-hybridized carbons (Fsp3) is 0.385. The van der Waals surface area contributed by atoms with Crippen molar-refractivity contribution in [2.24, 2.45) is 0 Å². The Balaban J connectivity index is 1.60. The number of carboxylic acid groups (broad SMARTS) is 1. The number of hydrogen-bond donors (Lipinski definition) is 2. The monoisotopic (exact) mass is 481 g/mol. The molecular weight excluding hydrogens is 450 g/mol. The van der Waals surface area contributed by atoms with E-state index in [1.807, 2.05) is 55.5 Å². The lowest BCUT2D eigenvalue weighted by atomic mass is 10.0. The van der Waals surface area contributed by atoms with E-state index in [1.165, 1.54) is 0 Å². The van der Waals surface area contributed by atoms with Gasteiger partial charge in [-0.3, -0.25) is 4.90 Å². The number of hydrogen-bond acceptors (Lipinski definition) is 7. The average Bonchev–Trinajstić information content (AvgIpc) is 3.27. The molecule has 0 aliphatic carbocycles. The largest absolute Gasteiger partial charge is 0.491 e. The van der Waals surface area contributed by atoms with Crippen molar-refractivity contribution in [2.75, 3.05) is 52.7 Å². The number of carboxylic acids is 1. The number of para-hydroxylation sites is 1. The molecule has 1 aromatic heterocycles. The summed E-state index contributed by atoms with van der Waals surface area (Å²) in [6, 6.07) is 15.2. The molecule has 1 fully saturated rings. The fourth-order valence-corrected chi connectivity index (χ4v) is 4.08. The molecule has 0 unspecified atom stereocenters. The molecule has 1 saturated heterocycles. The molecule has 2 aromatic carbocycles. The van der Waals surface area contributed by atoms with E-state index in [9.17, 15) is 9.90 Å². The molecule has 1 aliphatic heterocycles. The van der Waals surface area contributed by atoms with Gasteiger partial charge in [0.1, 0.15) is 24.5 Å². The van der Waals surface area contributed by atoms with Crippen molar-refractivity contribution < 1.29 is 29.2 Å². The lowest BCUT2D eigenvalue weighted by Gasteiger charge is -2.26. The Kier molecular flexibility index (Phi) is 8.36. The molecule has 0 saturated carbocycles. The predicted molar refractivity (Wildman–Crippen MR) is 131 cm³/mol. The summed E-state index contributed by atoms with van der Waals surface area (Å²) >= 11 is 0. The second-order valence-corrected chi connectivity index (χ2v) is 8.11. The fourth-order valence-electron chi connectivity index (χ4n) is 4.08. The number of carbonyl (C=O) groups is 1. The first-order chi connectivity index (χ1) is 17.1. The number of aliphatic hydroxyl groups is 1. The van der Waals surface area contributed by atoms with Gasteiger partial charge in [0, 0.05) is 25.2 Å². The average molecular weight is 482 g/mol. The van der Waals surface area contributed by atoms with Crippen LogP contribution >= 0.6 is 0 Å². The van der Waals surface area contributed by atoms with Gasteiger partial charge >= 0.3 is 5.97 Å². The smallest absolute Gasteiger partial charge is 0.343 e. The number of ether oxygens (including phenoxy) is 3. The molecule has 2 heterocycles. The van der Waals surface area contributed by atoms with E-state index >= 15 is 0 Å². The minimum absolute atomic E-state index is 0.0629. The van der Waals surface area contributed by atoms with Crippen molar-refractivity contribution in [2.45, 2.75) is 13.3 Å². The van der Waals surface area contributed by atoms with Crippen molar-refractivity contribution in [3.63, 3.8) is 0 Å². The van der Waals surface area contributed by atoms with Gasteiger partial charge in [-0.15, -0.1) is 0 Å². The van der Waals surface area contributed by atoms with Crippen LogP contribution in [-0.4, -0.2) is 83.5 Å². The van der Waals surface area contributed by atoms with Gasteiger partial charge in [0.15, 0.2) is 0 Å². The van der Waals surface area contributed by atoms with Crippen LogP contribution in [0.2, 0.25) is 0 Å². The third-order valence-corrected chi connectivity index (χ3v) is 5.87. The van der Waals surface area contributed by atoms with E-state index in [0.717, 1.165) is 24.2 Å². The molecule has 0 amide bonds. The lowest BCUT2D eigenvalue weighted by molar-refractivity contribution is 0.0317. The SMILES string of the molecule is CCc1nn(-c2ccc(-c3ccccc3OCCO)cc2)c(OCCN2CCOCC2)c1C(=O)O. The van der Waals surface area contributed by atoms with Crippen LogP contribution in [0.5, 0.6) is 11.6 Å². The van der Waals surface area contributed by atoms with Gasteiger partial charge in [-0.1, -0.05) is 37.3 Å². The number of aromatic carboxylic acids is 1. The second-order valence-electron chi connectivity index (χ2n) is 8.11. The maximum Gasteiger partial charge on any atom is 0.343 e. The van der Waals surface area contributed by atoms with E-state index in [1.54, 1.807) is 4.68 Å². The minimum Gasteiger partial charge on any atom is -0.491 e.